The molecule has 2 amide bonds. The highest BCUT2D eigenvalue weighted by molar-refractivity contribution is 5.91. The van der Waals surface area contributed by atoms with Gasteiger partial charge >= 0.3 is 0 Å². The van der Waals surface area contributed by atoms with Crippen LogP contribution in [-0.2, 0) is 9.59 Å². The van der Waals surface area contributed by atoms with Crippen molar-refractivity contribution in [3.63, 3.8) is 0 Å². The summed E-state index contributed by atoms with van der Waals surface area (Å²) in [5.41, 5.74) is 4.55. The zero-order valence-corrected chi connectivity index (χ0v) is 23.7. The van der Waals surface area contributed by atoms with Gasteiger partial charge in [-0.15, -0.1) is 0 Å². The van der Waals surface area contributed by atoms with Crippen LogP contribution in [0.1, 0.15) is 51.4 Å². The number of benzene rings is 4. The maximum absolute atomic E-state index is 12.3. The highest BCUT2D eigenvalue weighted by atomic mass is 16.2. The fourth-order valence-electron chi connectivity index (χ4n) is 4.17. The van der Waals surface area contributed by atoms with Crippen molar-refractivity contribution in [2.45, 2.75) is 51.4 Å². The van der Waals surface area contributed by atoms with Crippen LogP contribution in [0.15, 0.2) is 130 Å². The molecule has 0 aliphatic carbocycles. The van der Waals surface area contributed by atoms with Crippen LogP contribution < -0.4 is 10.6 Å². The zero-order valence-electron chi connectivity index (χ0n) is 23.7. The lowest BCUT2D eigenvalue weighted by atomic mass is 10.1. The van der Waals surface area contributed by atoms with E-state index < -0.39 is 0 Å². The molecule has 4 aromatic carbocycles. The van der Waals surface area contributed by atoms with E-state index in [1.807, 2.05) is 109 Å². The summed E-state index contributed by atoms with van der Waals surface area (Å²) in [5.74, 6) is 0.0234. The first-order chi connectivity index (χ1) is 20.6. The van der Waals surface area contributed by atoms with Gasteiger partial charge in [0.05, 0.1) is 22.7 Å². The van der Waals surface area contributed by atoms with Crippen LogP contribution in [-0.4, -0.2) is 11.8 Å². The Labute approximate surface area is 247 Å². The molecule has 0 aliphatic heterocycles. The molecular weight excluding hydrogens is 524 g/mol. The number of hydrogen-bond donors (Lipinski definition) is 2. The first-order valence-electron chi connectivity index (χ1n) is 14.4. The summed E-state index contributed by atoms with van der Waals surface area (Å²) in [7, 11) is 0. The number of carbonyl (C=O) groups is 2. The highest BCUT2D eigenvalue weighted by Crippen LogP contribution is 2.22. The molecule has 0 aliphatic rings. The number of anilines is 2. The molecule has 0 fully saturated rings. The van der Waals surface area contributed by atoms with E-state index in [1.54, 1.807) is 0 Å². The van der Waals surface area contributed by atoms with Gasteiger partial charge in [0.15, 0.2) is 0 Å². The van der Waals surface area contributed by atoms with Gasteiger partial charge < -0.3 is 10.6 Å². The summed E-state index contributed by atoms with van der Waals surface area (Å²) < 4.78 is 0. The monoisotopic (exact) mass is 560 g/mol. The first-order valence-corrected chi connectivity index (χ1v) is 14.4. The number of nitrogens with zero attached hydrogens (tertiary/aromatic N) is 4. The van der Waals surface area contributed by atoms with E-state index in [-0.39, 0.29) is 11.8 Å². The fraction of sp³-hybridized carbons (Fsp3) is 0.235. The Morgan fingerprint density at radius 2 is 0.714 bits per heavy atom. The SMILES string of the molecule is O=C(CCCCCCCCC(=O)Nc1ccc(N=Nc2ccccc2)cc1)Nc1ccc(N=Nc2ccccc2)cc1. The van der Waals surface area contributed by atoms with Gasteiger partial charge in [-0.05, 0) is 85.6 Å². The standard InChI is InChI=1S/C34H36N6O2/c41-33(35-27-19-23-31(24-20-27)39-37-29-13-7-5-8-14-29)17-11-3-1-2-4-12-18-34(42)36-28-21-25-32(26-22-28)40-38-30-15-9-6-10-16-30/h5-10,13-16,19-26H,1-4,11-12,17-18H2,(H,35,41)(H,36,42). The molecule has 0 spiro atoms. The Morgan fingerprint density at radius 3 is 1.07 bits per heavy atom. The van der Waals surface area contributed by atoms with E-state index in [2.05, 4.69) is 31.1 Å². The van der Waals surface area contributed by atoms with Crippen molar-refractivity contribution in [2.24, 2.45) is 20.5 Å². The normalized spacial score (nSPS) is 11.1. The summed E-state index contributed by atoms with van der Waals surface area (Å²) in [4.78, 5) is 24.5. The average molecular weight is 561 g/mol. The Hall–Kier alpha value is -4.98. The molecule has 0 saturated carbocycles. The summed E-state index contributed by atoms with van der Waals surface area (Å²) in [5, 5.41) is 22.7. The molecule has 42 heavy (non-hydrogen) atoms. The third-order valence-electron chi connectivity index (χ3n) is 6.43. The fourth-order valence-corrected chi connectivity index (χ4v) is 4.17. The quantitative estimate of drug-likeness (QED) is 0.111. The Morgan fingerprint density at radius 1 is 0.405 bits per heavy atom. The first kappa shape index (κ1) is 30.0. The van der Waals surface area contributed by atoms with E-state index in [1.165, 1.54) is 0 Å². The number of carbonyl (C=O) groups excluding carboxylic acids is 2. The van der Waals surface area contributed by atoms with E-state index in [0.29, 0.717) is 12.8 Å². The number of unbranched alkanes of at least 4 members (excludes halogenated alkanes) is 5. The smallest absolute Gasteiger partial charge is 0.224 e. The molecule has 0 atom stereocenters. The Bertz CT molecular complexity index is 1320. The van der Waals surface area contributed by atoms with Crippen LogP contribution in [0.3, 0.4) is 0 Å². The molecule has 0 unspecified atom stereocenters. The van der Waals surface area contributed by atoms with Crippen LogP contribution in [0, 0.1) is 0 Å². The lowest BCUT2D eigenvalue weighted by Crippen LogP contribution is -2.11. The van der Waals surface area contributed by atoms with Crippen LogP contribution >= 0.6 is 0 Å². The Kier molecular flexibility index (Phi) is 12.1. The number of rotatable bonds is 15. The summed E-state index contributed by atoms with van der Waals surface area (Å²) in [6.45, 7) is 0. The van der Waals surface area contributed by atoms with Crippen LogP contribution in [0.4, 0.5) is 34.1 Å². The third-order valence-corrected chi connectivity index (χ3v) is 6.43. The van der Waals surface area contributed by atoms with Crippen molar-refractivity contribution in [3.05, 3.63) is 109 Å². The van der Waals surface area contributed by atoms with Crippen molar-refractivity contribution < 1.29 is 9.59 Å². The molecule has 214 valence electrons. The predicted octanol–water partition coefficient (Wildman–Crippen LogP) is 10.2. The molecule has 4 aromatic rings. The molecule has 2 N–H and O–H groups in total. The van der Waals surface area contributed by atoms with Crippen molar-refractivity contribution in [1.82, 2.24) is 0 Å². The minimum Gasteiger partial charge on any atom is -0.326 e. The minimum atomic E-state index is 0.0117. The van der Waals surface area contributed by atoms with Crippen molar-refractivity contribution >= 4 is 45.9 Å². The lowest BCUT2D eigenvalue weighted by Gasteiger charge is -2.06. The van der Waals surface area contributed by atoms with E-state index in [0.717, 1.165) is 72.6 Å². The number of nitrogens with one attached hydrogen (secondary N) is 2. The van der Waals surface area contributed by atoms with E-state index in [9.17, 15) is 9.59 Å². The number of hydrogen-bond acceptors (Lipinski definition) is 6. The number of azo groups is 2. The molecule has 0 aromatic heterocycles. The van der Waals surface area contributed by atoms with Gasteiger partial charge in [0.25, 0.3) is 0 Å². The van der Waals surface area contributed by atoms with Crippen molar-refractivity contribution in [2.75, 3.05) is 10.6 Å². The molecule has 8 heteroatoms. The topological polar surface area (TPSA) is 108 Å². The summed E-state index contributed by atoms with van der Waals surface area (Å²) in [6, 6.07) is 33.8. The largest absolute Gasteiger partial charge is 0.326 e. The third kappa shape index (κ3) is 11.3. The van der Waals surface area contributed by atoms with Crippen molar-refractivity contribution in [3.8, 4) is 0 Å². The average Bonchev–Trinajstić information content (AvgIpc) is 3.02. The molecule has 8 nitrogen and oxygen atoms in total. The summed E-state index contributed by atoms with van der Waals surface area (Å²) >= 11 is 0. The van der Waals surface area contributed by atoms with Crippen LogP contribution in [0.5, 0.6) is 0 Å². The van der Waals surface area contributed by atoms with Crippen molar-refractivity contribution in [1.29, 1.82) is 0 Å². The van der Waals surface area contributed by atoms with Gasteiger partial charge in [0, 0.05) is 24.2 Å². The van der Waals surface area contributed by atoms with Gasteiger partial charge in [0.2, 0.25) is 11.8 Å². The predicted molar refractivity (Wildman–Crippen MR) is 168 cm³/mol. The van der Waals surface area contributed by atoms with Gasteiger partial charge in [-0.1, -0.05) is 62.1 Å². The molecule has 4 rings (SSSR count). The molecule has 0 radical (unpaired) electrons. The maximum Gasteiger partial charge on any atom is 0.224 e. The Balaban J connectivity index is 1.02. The summed E-state index contributed by atoms with van der Waals surface area (Å²) in [6.07, 6.45) is 6.75. The second kappa shape index (κ2) is 17.0. The molecule has 0 bridgehead atoms. The van der Waals surface area contributed by atoms with E-state index >= 15 is 0 Å². The van der Waals surface area contributed by atoms with Crippen LogP contribution in [0.2, 0.25) is 0 Å². The van der Waals surface area contributed by atoms with Gasteiger partial charge in [-0.3, -0.25) is 9.59 Å². The minimum absolute atomic E-state index is 0.0117. The second-order valence-electron chi connectivity index (χ2n) is 9.88. The lowest BCUT2D eigenvalue weighted by molar-refractivity contribution is -0.117. The van der Waals surface area contributed by atoms with Crippen LogP contribution in [0.25, 0.3) is 0 Å². The maximum atomic E-state index is 12.3. The zero-order chi connectivity index (χ0) is 29.2. The molecule has 0 heterocycles. The van der Waals surface area contributed by atoms with Gasteiger partial charge in [-0.2, -0.15) is 20.5 Å². The number of amides is 2. The molecule has 0 saturated heterocycles. The molecular formula is C34H36N6O2. The second-order valence-corrected chi connectivity index (χ2v) is 9.88. The van der Waals surface area contributed by atoms with E-state index in [4.69, 9.17) is 0 Å². The highest BCUT2D eigenvalue weighted by Gasteiger charge is 2.05. The van der Waals surface area contributed by atoms with Gasteiger partial charge in [-0.25, -0.2) is 0 Å². The van der Waals surface area contributed by atoms with Gasteiger partial charge in [0.1, 0.15) is 0 Å².